The molecule has 0 bridgehead atoms. The summed E-state index contributed by atoms with van der Waals surface area (Å²) in [6.07, 6.45) is 11.1. The Morgan fingerprint density at radius 1 is 1.06 bits per heavy atom. The molecular formula is C27H34N4O2. The van der Waals surface area contributed by atoms with Gasteiger partial charge in [-0.2, -0.15) is 0 Å². The van der Waals surface area contributed by atoms with Crippen LogP contribution < -0.4 is 10.6 Å². The topological polar surface area (TPSA) is 87.1 Å². The maximum atomic E-state index is 11.7. The molecule has 1 aliphatic heterocycles. The summed E-state index contributed by atoms with van der Waals surface area (Å²) in [7, 11) is 0. The minimum Gasteiger partial charge on any atom is -0.480 e. The van der Waals surface area contributed by atoms with Gasteiger partial charge in [-0.25, -0.2) is 4.98 Å². The SMILES string of the molecule is O=C(O)C(CCCCCCCc1ccc2c(n1)NCCC2)NCc1ccnc2ccccc12. The second kappa shape index (κ2) is 11.8. The van der Waals surface area contributed by atoms with Gasteiger partial charge < -0.3 is 15.7 Å². The molecule has 0 saturated carbocycles. The first kappa shape index (κ1) is 23.2. The summed E-state index contributed by atoms with van der Waals surface area (Å²) in [6.45, 7) is 1.55. The highest BCUT2D eigenvalue weighted by Gasteiger charge is 2.16. The number of pyridine rings is 2. The molecule has 3 aromatic rings. The maximum absolute atomic E-state index is 11.7. The number of rotatable bonds is 12. The first-order valence-corrected chi connectivity index (χ1v) is 12.2. The Balaban J connectivity index is 1.15. The first-order valence-electron chi connectivity index (χ1n) is 12.2. The second-order valence-electron chi connectivity index (χ2n) is 8.91. The Morgan fingerprint density at radius 3 is 2.82 bits per heavy atom. The Hall–Kier alpha value is -2.99. The lowest BCUT2D eigenvalue weighted by Gasteiger charge is -2.17. The van der Waals surface area contributed by atoms with Crippen LogP contribution in [0.4, 0.5) is 5.82 Å². The highest BCUT2D eigenvalue weighted by Crippen LogP contribution is 2.21. The van der Waals surface area contributed by atoms with Crippen LogP contribution in [0.15, 0.2) is 48.7 Å². The van der Waals surface area contributed by atoms with E-state index in [1.54, 1.807) is 6.20 Å². The van der Waals surface area contributed by atoms with Crippen LogP contribution in [0.25, 0.3) is 10.9 Å². The molecule has 0 amide bonds. The highest BCUT2D eigenvalue weighted by atomic mass is 16.4. The summed E-state index contributed by atoms with van der Waals surface area (Å²) in [6, 6.07) is 13.8. The van der Waals surface area contributed by atoms with E-state index in [4.69, 9.17) is 4.98 Å². The van der Waals surface area contributed by atoms with Crippen molar-refractivity contribution in [3.05, 3.63) is 65.5 Å². The molecule has 3 heterocycles. The van der Waals surface area contributed by atoms with Gasteiger partial charge in [-0.15, -0.1) is 0 Å². The molecule has 33 heavy (non-hydrogen) atoms. The number of aliphatic carboxylic acids is 1. The van der Waals surface area contributed by atoms with E-state index < -0.39 is 12.0 Å². The molecule has 4 rings (SSSR count). The number of para-hydroxylation sites is 1. The number of carboxylic acids is 1. The minimum absolute atomic E-state index is 0.524. The third-order valence-electron chi connectivity index (χ3n) is 6.45. The number of nitrogens with zero attached hydrogens (tertiary/aromatic N) is 2. The van der Waals surface area contributed by atoms with Crippen molar-refractivity contribution in [3.63, 3.8) is 0 Å². The van der Waals surface area contributed by atoms with E-state index in [9.17, 15) is 9.90 Å². The van der Waals surface area contributed by atoms with Gasteiger partial charge >= 0.3 is 5.97 Å². The van der Waals surface area contributed by atoms with Crippen LogP contribution in [-0.2, 0) is 24.2 Å². The molecule has 0 radical (unpaired) electrons. The molecule has 0 spiro atoms. The van der Waals surface area contributed by atoms with Crippen molar-refractivity contribution in [3.8, 4) is 0 Å². The number of unbranched alkanes of at least 4 members (excludes halogenated alkanes) is 4. The van der Waals surface area contributed by atoms with E-state index in [2.05, 4.69) is 27.8 Å². The van der Waals surface area contributed by atoms with Gasteiger partial charge in [0.05, 0.1) is 5.52 Å². The van der Waals surface area contributed by atoms with Crippen molar-refractivity contribution in [1.82, 2.24) is 15.3 Å². The van der Waals surface area contributed by atoms with Crippen molar-refractivity contribution in [2.24, 2.45) is 0 Å². The Labute approximate surface area is 195 Å². The first-order chi connectivity index (χ1) is 16.2. The number of benzene rings is 1. The number of fused-ring (bicyclic) bond motifs is 2. The standard InChI is InChI=1S/C27H34N4O2/c32-27(33)25(30-19-21-16-18-28-24-12-7-6-11-23(21)24)13-5-3-1-2-4-10-22-15-14-20-9-8-17-29-26(20)31-22/h6-7,11-12,14-16,18,25,30H,1-5,8-10,13,17,19H2,(H,29,31)(H,32,33). The molecule has 0 saturated heterocycles. The summed E-state index contributed by atoms with van der Waals surface area (Å²) in [5, 5.41) is 17.3. The van der Waals surface area contributed by atoms with E-state index in [1.807, 2.05) is 30.3 Å². The Kier molecular flexibility index (Phi) is 8.25. The number of carbonyl (C=O) groups is 1. The fourth-order valence-electron chi connectivity index (χ4n) is 4.55. The summed E-state index contributed by atoms with van der Waals surface area (Å²) in [4.78, 5) is 20.9. The van der Waals surface area contributed by atoms with Crippen molar-refractivity contribution >= 4 is 22.7 Å². The Bertz CT molecular complexity index is 1060. The maximum Gasteiger partial charge on any atom is 0.320 e. The predicted molar refractivity (Wildman–Crippen MR) is 132 cm³/mol. The lowest BCUT2D eigenvalue weighted by atomic mass is 10.0. The number of hydrogen-bond donors (Lipinski definition) is 3. The zero-order chi connectivity index (χ0) is 22.9. The minimum atomic E-state index is -0.777. The molecule has 0 fully saturated rings. The van der Waals surface area contributed by atoms with E-state index in [1.165, 1.54) is 17.7 Å². The molecule has 6 nitrogen and oxygen atoms in total. The van der Waals surface area contributed by atoms with E-state index in [0.29, 0.717) is 13.0 Å². The van der Waals surface area contributed by atoms with Gasteiger partial charge in [-0.3, -0.25) is 9.78 Å². The van der Waals surface area contributed by atoms with E-state index >= 15 is 0 Å². The van der Waals surface area contributed by atoms with Crippen molar-refractivity contribution < 1.29 is 9.90 Å². The molecular weight excluding hydrogens is 412 g/mol. The van der Waals surface area contributed by atoms with Crippen LogP contribution in [0.3, 0.4) is 0 Å². The molecule has 1 atom stereocenters. The van der Waals surface area contributed by atoms with Crippen LogP contribution in [-0.4, -0.2) is 33.6 Å². The smallest absolute Gasteiger partial charge is 0.320 e. The summed E-state index contributed by atoms with van der Waals surface area (Å²) >= 11 is 0. The molecule has 6 heteroatoms. The number of nitrogens with one attached hydrogen (secondary N) is 2. The average molecular weight is 447 g/mol. The zero-order valence-corrected chi connectivity index (χ0v) is 19.2. The summed E-state index contributed by atoms with van der Waals surface area (Å²) < 4.78 is 0. The van der Waals surface area contributed by atoms with Gasteiger partial charge in [0.2, 0.25) is 0 Å². The van der Waals surface area contributed by atoms with Gasteiger partial charge in [0, 0.05) is 30.4 Å². The van der Waals surface area contributed by atoms with Crippen molar-refractivity contribution in [1.29, 1.82) is 0 Å². The molecule has 1 aliphatic rings. The van der Waals surface area contributed by atoms with Crippen LogP contribution in [0.2, 0.25) is 0 Å². The molecule has 1 aromatic carbocycles. The average Bonchev–Trinajstić information content (AvgIpc) is 2.85. The van der Waals surface area contributed by atoms with Crippen molar-refractivity contribution in [2.75, 3.05) is 11.9 Å². The van der Waals surface area contributed by atoms with Gasteiger partial charge in [0.15, 0.2) is 0 Å². The monoisotopic (exact) mass is 446 g/mol. The molecule has 174 valence electrons. The lowest BCUT2D eigenvalue weighted by Crippen LogP contribution is -2.36. The van der Waals surface area contributed by atoms with Crippen molar-refractivity contribution in [2.45, 2.75) is 70.4 Å². The zero-order valence-electron chi connectivity index (χ0n) is 19.2. The van der Waals surface area contributed by atoms with Gasteiger partial charge in [-0.1, -0.05) is 49.9 Å². The summed E-state index contributed by atoms with van der Waals surface area (Å²) in [5.74, 6) is 0.297. The predicted octanol–water partition coefficient (Wildman–Crippen LogP) is 5.11. The number of carboxylic acid groups (broad SMARTS) is 1. The van der Waals surface area contributed by atoms with Gasteiger partial charge in [0.1, 0.15) is 11.9 Å². The highest BCUT2D eigenvalue weighted by molar-refractivity contribution is 5.82. The number of aromatic nitrogens is 2. The summed E-state index contributed by atoms with van der Waals surface area (Å²) in [5.41, 5.74) is 4.52. The fourth-order valence-corrected chi connectivity index (χ4v) is 4.55. The van der Waals surface area contributed by atoms with Gasteiger partial charge in [0.25, 0.3) is 0 Å². The van der Waals surface area contributed by atoms with Crippen LogP contribution >= 0.6 is 0 Å². The largest absolute Gasteiger partial charge is 0.480 e. The van der Waals surface area contributed by atoms with Gasteiger partial charge in [-0.05, 0) is 61.4 Å². The third kappa shape index (κ3) is 6.51. The molecule has 0 aliphatic carbocycles. The van der Waals surface area contributed by atoms with Crippen LogP contribution in [0.5, 0.6) is 0 Å². The van der Waals surface area contributed by atoms with E-state index in [-0.39, 0.29) is 0 Å². The second-order valence-corrected chi connectivity index (χ2v) is 8.91. The lowest BCUT2D eigenvalue weighted by molar-refractivity contribution is -0.139. The Morgan fingerprint density at radius 2 is 1.91 bits per heavy atom. The molecule has 1 unspecified atom stereocenters. The molecule has 3 N–H and O–H groups in total. The number of hydrogen-bond acceptors (Lipinski definition) is 5. The quantitative estimate of drug-likeness (QED) is 0.335. The number of aryl methyl sites for hydroxylation is 2. The number of anilines is 1. The fraction of sp³-hybridized carbons (Fsp3) is 0.444. The third-order valence-corrected chi connectivity index (χ3v) is 6.45. The van der Waals surface area contributed by atoms with Crippen LogP contribution in [0, 0.1) is 0 Å². The molecule has 2 aromatic heterocycles. The normalized spacial score (nSPS) is 13.9. The van der Waals surface area contributed by atoms with E-state index in [0.717, 1.165) is 73.8 Å². The van der Waals surface area contributed by atoms with Crippen LogP contribution in [0.1, 0.15) is 61.8 Å².